The van der Waals surface area contributed by atoms with Gasteiger partial charge >= 0.3 is 0 Å². The van der Waals surface area contributed by atoms with E-state index in [1.165, 1.54) is 0 Å². The van der Waals surface area contributed by atoms with E-state index < -0.39 is 10.0 Å². The highest BCUT2D eigenvalue weighted by atomic mass is 79.9. The third kappa shape index (κ3) is 3.68. The molecule has 6 nitrogen and oxygen atoms in total. The first-order valence-electron chi connectivity index (χ1n) is 6.95. The van der Waals surface area contributed by atoms with Gasteiger partial charge in [-0.15, -0.1) is 0 Å². The van der Waals surface area contributed by atoms with Gasteiger partial charge in [-0.1, -0.05) is 0 Å². The van der Waals surface area contributed by atoms with Crippen LogP contribution in [0.2, 0.25) is 0 Å². The van der Waals surface area contributed by atoms with Crippen LogP contribution in [0.5, 0.6) is 0 Å². The molecule has 0 aliphatic carbocycles. The molecule has 1 aliphatic rings. The minimum absolute atomic E-state index is 0.0274. The highest BCUT2D eigenvalue weighted by Gasteiger charge is 2.37. The predicted octanol–water partition coefficient (Wildman–Crippen LogP) is 1.48. The highest BCUT2D eigenvalue weighted by Crippen LogP contribution is 2.32. The fraction of sp³-hybridized carbons (Fsp3) is 0.692. The molecular formula is C13H22BrN3O3S. The van der Waals surface area contributed by atoms with E-state index in [2.05, 4.69) is 21.2 Å². The Morgan fingerprint density at radius 2 is 2.24 bits per heavy atom. The minimum Gasteiger partial charge on any atom is -0.452 e. The zero-order chi connectivity index (χ0) is 15.6. The Bertz CT molecular complexity index is 585. The van der Waals surface area contributed by atoms with Crippen molar-refractivity contribution in [3.8, 4) is 0 Å². The van der Waals surface area contributed by atoms with Crippen molar-refractivity contribution in [3.05, 3.63) is 16.5 Å². The van der Waals surface area contributed by atoms with Gasteiger partial charge < -0.3 is 14.6 Å². The molecule has 2 rings (SSSR count). The zero-order valence-electron chi connectivity index (χ0n) is 12.6. The first-order chi connectivity index (χ1) is 9.86. The van der Waals surface area contributed by atoms with E-state index >= 15 is 0 Å². The van der Waals surface area contributed by atoms with Crippen molar-refractivity contribution < 1.29 is 12.8 Å². The number of rotatable bonds is 6. The van der Waals surface area contributed by atoms with Gasteiger partial charge in [0.1, 0.15) is 10.7 Å². The number of nitrogens with zero attached hydrogens (tertiary/aromatic N) is 2. The number of furan rings is 1. The topological polar surface area (TPSA) is 65.8 Å². The number of hydrogen-bond donors (Lipinski definition) is 1. The van der Waals surface area contributed by atoms with Gasteiger partial charge in [0.15, 0.2) is 4.67 Å². The molecule has 2 heterocycles. The van der Waals surface area contributed by atoms with Crippen molar-refractivity contribution in [2.24, 2.45) is 0 Å². The number of sulfonamides is 1. The van der Waals surface area contributed by atoms with Crippen LogP contribution in [0.3, 0.4) is 0 Å². The van der Waals surface area contributed by atoms with Gasteiger partial charge in [0.25, 0.3) is 0 Å². The first kappa shape index (κ1) is 17.0. The molecule has 1 fully saturated rings. The molecule has 1 N–H and O–H groups in total. The maximum absolute atomic E-state index is 12.9. The van der Waals surface area contributed by atoms with Crippen LogP contribution in [0.1, 0.15) is 18.6 Å². The fourth-order valence-corrected chi connectivity index (χ4v) is 5.34. The van der Waals surface area contributed by atoms with E-state index in [0.717, 1.165) is 19.4 Å². The van der Waals surface area contributed by atoms with Crippen LogP contribution in [0, 0.1) is 0 Å². The van der Waals surface area contributed by atoms with E-state index in [0.29, 0.717) is 18.8 Å². The predicted molar refractivity (Wildman–Crippen MR) is 84.6 cm³/mol. The lowest BCUT2D eigenvalue weighted by Gasteiger charge is -2.26. The summed E-state index contributed by atoms with van der Waals surface area (Å²) in [5.41, 5.74) is 0. The normalized spacial score (nSPS) is 20.5. The maximum Gasteiger partial charge on any atom is 0.247 e. The monoisotopic (exact) mass is 379 g/mol. The van der Waals surface area contributed by atoms with E-state index in [1.807, 2.05) is 19.0 Å². The second-order valence-corrected chi connectivity index (χ2v) is 8.13. The minimum atomic E-state index is -3.52. The van der Waals surface area contributed by atoms with Crippen LogP contribution >= 0.6 is 15.9 Å². The molecule has 1 saturated heterocycles. The molecule has 0 saturated carbocycles. The molecule has 8 heteroatoms. The molecule has 1 aliphatic heterocycles. The summed E-state index contributed by atoms with van der Waals surface area (Å²) in [6, 6.07) is 1.63. The van der Waals surface area contributed by atoms with Crippen molar-refractivity contribution in [1.82, 2.24) is 14.5 Å². The van der Waals surface area contributed by atoms with Crippen molar-refractivity contribution in [1.29, 1.82) is 0 Å². The van der Waals surface area contributed by atoms with Gasteiger partial charge in [-0.25, -0.2) is 8.42 Å². The average molecular weight is 380 g/mol. The highest BCUT2D eigenvalue weighted by molar-refractivity contribution is 9.10. The smallest absolute Gasteiger partial charge is 0.247 e. The largest absolute Gasteiger partial charge is 0.452 e. The van der Waals surface area contributed by atoms with Gasteiger partial charge in [0.2, 0.25) is 10.0 Å². The van der Waals surface area contributed by atoms with Gasteiger partial charge in [-0.3, -0.25) is 0 Å². The molecule has 0 aromatic carbocycles. The number of nitrogens with one attached hydrogen (secondary N) is 1. The summed E-state index contributed by atoms with van der Waals surface area (Å²) < 4.78 is 33.1. The van der Waals surface area contributed by atoms with Gasteiger partial charge in [0.05, 0.1) is 6.54 Å². The van der Waals surface area contributed by atoms with Crippen LogP contribution in [0.15, 0.2) is 20.0 Å². The van der Waals surface area contributed by atoms with Crippen molar-refractivity contribution in [2.75, 3.05) is 34.2 Å². The zero-order valence-corrected chi connectivity index (χ0v) is 15.0. The van der Waals surface area contributed by atoms with Crippen LogP contribution in [-0.4, -0.2) is 57.9 Å². The Hall–Kier alpha value is -0.410. The van der Waals surface area contributed by atoms with E-state index in [-0.39, 0.29) is 15.6 Å². The van der Waals surface area contributed by atoms with E-state index in [4.69, 9.17) is 4.42 Å². The molecule has 0 radical (unpaired) electrons. The van der Waals surface area contributed by atoms with Crippen LogP contribution in [0.4, 0.5) is 0 Å². The Morgan fingerprint density at radius 1 is 1.52 bits per heavy atom. The molecule has 1 aromatic rings. The maximum atomic E-state index is 12.9. The molecular weight excluding hydrogens is 358 g/mol. The third-order valence-electron chi connectivity index (χ3n) is 3.54. The van der Waals surface area contributed by atoms with Crippen molar-refractivity contribution in [3.63, 3.8) is 0 Å². The molecule has 1 unspecified atom stereocenters. The summed E-state index contributed by atoms with van der Waals surface area (Å²) in [7, 11) is 2.19. The van der Waals surface area contributed by atoms with Crippen LogP contribution in [-0.2, 0) is 16.6 Å². The summed E-state index contributed by atoms with van der Waals surface area (Å²) in [4.78, 5) is 2.24. The molecule has 0 bridgehead atoms. The van der Waals surface area contributed by atoms with Crippen LogP contribution in [0.25, 0.3) is 0 Å². The van der Waals surface area contributed by atoms with Crippen LogP contribution < -0.4 is 5.32 Å². The van der Waals surface area contributed by atoms with E-state index in [1.54, 1.807) is 17.4 Å². The Balaban J connectivity index is 2.28. The summed E-state index contributed by atoms with van der Waals surface area (Å²) in [6.45, 7) is 1.80. The summed E-state index contributed by atoms with van der Waals surface area (Å²) in [5, 5.41) is 2.95. The lowest BCUT2D eigenvalue weighted by Crippen LogP contribution is -2.41. The Labute approximate surface area is 134 Å². The van der Waals surface area contributed by atoms with Gasteiger partial charge in [-0.2, -0.15) is 4.31 Å². The first-order valence-corrected chi connectivity index (χ1v) is 9.19. The molecule has 120 valence electrons. The molecule has 0 spiro atoms. The Kier molecular flexibility index (Phi) is 5.48. The van der Waals surface area contributed by atoms with Crippen molar-refractivity contribution >= 4 is 26.0 Å². The third-order valence-corrected chi connectivity index (χ3v) is 6.35. The molecule has 1 atom stereocenters. The standard InChI is InChI=1S/C13H22BrN3O3S/c1-15-8-11-7-12(13(14)20-11)21(18,19)17-6-4-5-10(17)9-16(2)3/h7,10,15H,4-6,8-9H2,1-3H3. The fourth-order valence-electron chi connectivity index (χ4n) is 2.69. The molecule has 21 heavy (non-hydrogen) atoms. The summed E-state index contributed by atoms with van der Waals surface area (Å²) in [6.07, 6.45) is 1.80. The SMILES string of the molecule is CNCc1cc(S(=O)(=O)N2CCCC2CN(C)C)c(Br)o1. The lowest BCUT2D eigenvalue weighted by atomic mass is 10.2. The number of hydrogen-bond acceptors (Lipinski definition) is 5. The second kappa shape index (κ2) is 6.78. The number of likely N-dealkylation sites (N-methyl/N-ethyl adjacent to an activating group) is 1. The molecule has 1 aromatic heterocycles. The van der Waals surface area contributed by atoms with E-state index in [9.17, 15) is 8.42 Å². The van der Waals surface area contributed by atoms with Gasteiger partial charge in [0, 0.05) is 25.2 Å². The summed E-state index contributed by atoms with van der Waals surface area (Å²) in [5.74, 6) is 0.603. The average Bonchev–Trinajstić information content (AvgIpc) is 2.96. The number of halogens is 1. The Morgan fingerprint density at radius 3 is 2.86 bits per heavy atom. The second-order valence-electron chi connectivity index (χ2n) is 5.56. The summed E-state index contributed by atoms with van der Waals surface area (Å²) >= 11 is 3.23. The van der Waals surface area contributed by atoms with Gasteiger partial charge in [-0.05, 0) is 49.9 Å². The van der Waals surface area contributed by atoms with Crippen molar-refractivity contribution in [2.45, 2.75) is 30.3 Å². The lowest BCUT2D eigenvalue weighted by molar-refractivity contribution is 0.291. The quantitative estimate of drug-likeness (QED) is 0.810. The molecule has 0 amide bonds.